The van der Waals surface area contributed by atoms with Gasteiger partial charge in [0.25, 0.3) is 17.0 Å². The second-order valence-electron chi connectivity index (χ2n) is 3.74. The van der Waals surface area contributed by atoms with Crippen molar-refractivity contribution in [2.45, 2.75) is 0 Å². The standard InChI is InChI=1S/C12H8Cl2N2O4/c13-7-1-2-9(8(14)5-7)20-6-12(19)16-11(18)4-3-10(17)15-16/h1-5H,6H2,(H,15,17). The second kappa shape index (κ2) is 5.94. The molecule has 20 heavy (non-hydrogen) atoms. The van der Waals surface area contributed by atoms with Gasteiger partial charge in [-0.3, -0.25) is 19.5 Å². The van der Waals surface area contributed by atoms with Crippen molar-refractivity contribution in [3.63, 3.8) is 0 Å². The molecular weight excluding hydrogens is 307 g/mol. The molecule has 0 fully saturated rings. The molecule has 0 aliphatic carbocycles. The van der Waals surface area contributed by atoms with E-state index in [1.54, 1.807) is 6.07 Å². The number of ether oxygens (including phenoxy) is 1. The van der Waals surface area contributed by atoms with E-state index in [0.29, 0.717) is 9.70 Å². The Kier molecular flexibility index (Phi) is 4.26. The molecule has 2 aromatic rings. The Labute approximate surface area is 122 Å². The Morgan fingerprint density at radius 1 is 1.20 bits per heavy atom. The summed E-state index contributed by atoms with van der Waals surface area (Å²) in [7, 11) is 0. The molecular formula is C12H8Cl2N2O4. The highest BCUT2D eigenvalue weighted by Crippen LogP contribution is 2.27. The van der Waals surface area contributed by atoms with Crippen LogP contribution < -0.4 is 15.9 Å². The lowest BCUT2D eigenvalue weighted by atomic mass is 10.3. The van der Waals surface area contributed by atoms with Gasteiger partial charge in [0.15, 0.2) is 6.61 Å². The Hall–Kier alpha value is -2.05. The van der Waals surface area contributed by atoms with Gasteiger partial charge in [-0.25, -0.2) is 0 Å². The predicted molar refractivity (Wildman–Crippen MR) is 73.9 cm³/mol. The molecule has 0 amide bonds. The quantitative estimate of drug-likeness (QED) is 0.932. The average Bonchev–Trinajstić information content (AvgIpc) is 2.40. The fourth-order valence-electron chi connectivity index (χ4n) is 1.41. The molecule has 6 nitrogen and oxygen atoms in total. The van der Waals surface area contributed by atoms with Crippen molar-refractivity contribution < 1.29 is 9.53 Å². The highest BCUT2D eigenvalue weighted by molar-refractivity contribution is 6.35. The van der Waals surface area contributed by atoms with E-state index >= 15 is 0 Å². The van der Waals surface area contributed by atoms with Gasteiger partial charge < -0.3 is 4.74 Å². The van der Waals surface area contributed by atoms with Crippen LogP contribution in [0.4, 0.5) is 0 Å². The van der Waals surface area contributed by atoms with E-state index in [1.165, 1.54) is 12.1 Å². The second-order valence-corrected chi connectivity index (χ2v) is 4.58. The van der Waals surface area contributed by atoms with Gasteiger partial charge in [-0.1, -0.05) is 23.2 Å². The third-order valence-electron chi connectivity index (χ3n) is 2.31. The summed E-state index contributed by atoms with van der Waals surface area (Å²) < 4.78 is 5.76. The highest BCUT2D eigenvalue weighted by Gasteiger charge is 2.10. The van der Waals surface area contributed by atoms with E-state index in [9.17, 15) is 14.4 Å². The van der Waals surface area contributed by atoms with Gasteiger partial charge in [-0.15, -0.1) is 0 Å². The van der Waals surface area contributed by atoms with Gasteiger partial charge >= 0.3 is 0 Å². The van der Waals surface area contributed by atoms with E-state index in [0.717, 1.165) is 12.1 Å². The minimum atomic E-state index is -0.723. The van der Waals surface area contributed by atoms with Crippen molar-refractivity contribution in [1.82, 2.24) is 9.78 Å². The molecule has 104 valence electrons. The molecule has 0 spiro atoms. The van der Waals surface area contributed by atoms with Crippen molar-refractivity contribution in [1.29, 1.82) is 0 Å². The largest absolute Gasteiger partial charge is 0.482 e. The number of carbonyl (C=O) groups excluding carboxylic acids is 1. The number of hydrogen-bond acceptors (Lipinski definition) is 4. The minimum Gasteiger partial charge on any atom is -0.482 e. The van der Waals surface area contributed by atoms with Crippen LogP contribution in [-0.2, 0) is 0 Å². The van der Waals surface area contributed by atoms with Crippen molar-refractivity contribution in [3.8, 4) is 5.75 Å². The maximum Gasteiger partial charge on any atom is 0.286 e. The molecule has 0 bridgehead atoms. The number of H-pyrrole nitrogens is 1. The smallest absolute Gasteiger partial charge is 0.286 e. The number of rotatable bonds is 3. The van der Waals surface area contributed by atoms with Crippen LogP contribution >= 0.6 is 23.2 Å². The zero-order valence-electron chi connectivity index (χ0n) is 9.93. The Balaban J connectivity index is 2.14. The third kappa shape index (κ3) is 3.28. The number of halogens is 2. The van der Waals surface area contributed by atoms with E-state index in [-0.39, 0.29) is 10.8 Å². The third-order valence-corrected chi connectivity index (χ3v) is 2.84. The average molecular weight is 315 g/mol. The van der Waals surface area contributed by atoms with Gasteiger partial charge in [-0.05, 0) is 18.2 Å². The SMILES string of the molecule is O=C(COc1ccc(Cl)cc1Cl)n1[nH]c(=O)ccc1=O. The van der Waals surface area contributed by atoms with E-state index in [4.69, 9.17) is 27.9 Å². The number of aromatic amines is 1. The van der Waals surface area contributed by atoms with Crippen LogP contribution in [0.15, 0.2) is 39.9 Å². The normalized spacial score (nSPS) is 10.3. The number of hydrogen-bond donors (Lipinski definition) is 1. The van der Waals surface area contributed by atoms with Crippen LogP contribution in [0.2, 0.25) is 10.0 Å². The number of benzene rings is 1. The molecule has 1 heterocycles. The zero-order valence-corrected chi connectivity index (χ0v) is 11.4. The molecule has 8 heteroatoms. The Bertz CT molecular complexity index is 767. The maximum atomic E-state index is 11.8. The lowest BCUT2D eigenvalue weighted by Crippen LogP contribution is -2.35. The van der Waals surface area contributed by atoms with Gasteiger partial charge in [0.1, 0.15) is 5.75 Å². The summed E-state index contributed by atoms with van der Waals surface area (Å²) in [4.78, 5) is 34.2. The molecule has 0 atom stereocenters. The van der Waals surface area contributed by atoms with Crippen molar-refractivity contribution in [2.75, 3.05) is 6.61 Å². The molecule has 1 aromatic heterocycles. The molecule has 0 aliphatic rings. The van der Waals surface area contributed by atoms with Crippen molar-refractivity contribution in [2.24, 2.45) is 0 Å². The van der Waals surface area contributed by atoms with Crippen LogP contribution in [0, 0.1) is 0 Å². The molecule has 2 rings (SSSR count). The van der Waals surface area contributed by atoms with Crippen LogP contribution in [0.5, 0.6) is 5.75 Å². The van der Waals surface area contributed by atoms with Crippen LogP contribution in [-0.4, -0.2) is 22.3 Å². The van der Waals surface area contributed by atoms with E-state index in [1.807, 2.05) is 0 Å². The summed E-state index contributed by atoms with van der Waals surface area (Å²) >= 11 is 11.6. The first-order valence-corrected chi connectivity index (χ1v) is 6.16. The van der Waals surface area contributed by atoms with Crippen LogP contribution in [0.1, 0.15) is 4.79 Å². The van der Waals surface area contributed by atoms with Gasteiger partial charge in [-0.2, -0.15) is 4.68 Å². The number of carbonyl (C=O) groups is 1. The van der Waals surface area contributed by atoms with Crippen LogP contribution in [0.3, 0.4) is 0 Å². The summed E-state index contributed by atoms with van der Waals surface area (Å²) in [5.41, 5.74) is -1.22. The Morgan fingerprint density at radius 2 is 1.95 bits per heavy atom. The van der Waals surface area contributed by atoms with Gasteiger partial charge in [0.05, 0.1) is 5.02 Å². The maximum absolute atomic E-state index is 11.8. The Morgan fingerprint density at radius 3 is 2.65 bits per heavy atom. The fraction of sp³-hybridized carbons (Fsp3) is 0.0833. The number of aromatic nitrogens is 2. The molecule has 1 aromatic carbocycles. The minimum absolute atomic E-state index is 0.235. The topological polar surface area (TPSA) is 81.2 Å². The summed E-state index contributed by atoms with van der Waals surface area (Å²) in [6, 6.07) is 6.52. The number of nitrogens with one attached hydrogen (secondary N) is 1. The summed E-state index contributed by atoms with van der Waals surface area (Å²) in [5.74, 6) is -0.477. The first kappa shape index (κ1) is 14.4. The molecule has 0 unspecified atom stereocenters. The lowest BCUT2D eigenvalue weighted by molar-refractivity contribution is 0.0813. The first-order valence-electron chi connectivity index (χ1n) is 5.41. The van der Waals surface area contributed by atoms with Crippen molar-refractivity contribution >= 4 is 29.1 Å². The molecule has 0 saturated carbocycles. The monoisotopic (exact) mass is 314 g/mol. The van der Waals surface area contributed by atoms with Crippen LogP contribution in [0.25, 0.3) is 0 Å². The van der Waals surface area contributed by atoms with Crippen molar-refractivity contribution in [3.05, 3.63) is 61.1 Å². The number of nitrogens with zero attached hydrogens (tertiary/aromatic N) is 1. The first-order chi connectivity index (χ1) is 9.47. The van der Waals surface area contributed by atoms with E-state index in [2.05, 4.69) is 5.10 Å². The summed E-state index contributed by atoms with van der Waals surface area (Å²) in [6.45, 7) is -0.457. The molecule has 0 radical (unpaired) electrons. The zero-order chi connectivity index (χ0) is 14.7. The fourth-order valence-corrected chi connectivity index (χ4v) is 1.87. The van der Waals surface area contributed by atoms with Gasteiger partial charge in [0.2, 0.25) is 0 Å². The lowest BCUT2D eigenvalue weighted by Gasteiger charge is -2.08. The summed E-state index contributed by atoms with van der Waals surface area (Å²) in [6.07, 6.45) is 0. The van der Waals surface area contributed by atoms with E-state index < -0.39 is 23.6 Å². The summed E-state index contributed by atoms with van der Waals surface area (Å²) in [5, 5.41) is 2.76. The predicted octanol–water partition coefficient (Wildman–Crippen LogP) is 1.56. The molecule has 0 saturated heterocycles. The van der Waals surface area contributed by atoms with Gasteiger partial charge in [0, 0.05) is 17.2 Å². The highest BCUT2D eigenvalue weighted by atomic mass is 35.5. The molecule has 1 N–H and O–H groups in total. The molecule has 0 aliphatic heterocycles.